The first kappa shape index (κ1) is 35.6. The summed E-state index contributed by atoms with van der Waals surface area (Å²) in [6.07, 6.45) is -5.21. The zero-order valence-electron chi connectivity index (χ0n) is 25.0. The van der Waals surface area contributed by atoms with Gasteiger partial charge in [0.1, 0.15) is 18.5 Å². The average molecular weight is 762 g/mol. The summed E-state index contributed by atoms with van der Waals surface area (Å²) in [6, 6.07) is 5.78. The van der Waals surface area contributed by atoms with Gasteiger partial charge in [-0.3, -0.25) is 19.3 Å². The molecular formula is C31H35F3IN3O8. The van der Waals surface area contributed by atoms with Crippen LogP contribution < -0.4 is 14.8 Å². The van der Waals surface area contributed by atoms with Gasteiger partial charge in [-0.05, 0) is 65.1 Å². The highest BCUT2D eigenvalue weighted by molar-refractivity contribution is 14.1. The van der Waals surface area contributed by atoms with E-state index in [0.29, 0.717) is 48.3 Å². The van der Waals surface area contributed by atoms with Crippen LogP contribution in [0, 0.1) is 3.57 Å². The number of nitrogens with one attached hydrogen (secondary N) is 1. The Labute approximate surface area is 277 Å². The number of halogens is 4. The number of carbonyl (C=O) groups excluding carboxylic acids is 3. The summed E-state index contributed by atoms with van der Waals surface area (Å²) in [5.74, 6) is -0.788. The van der Waals surface area contributed by atoms with Crippen molar-refractivity contribution in [3.05, 3.63) is 68.3 Å². The Hall–Kier alpha value is -3.25. The number of rotatable bonds is 12. The van der Waals surface area contributed by atoms with Crippen LogP contribution in [0.5, 0.6) is 11.5 Å². The lowest BCUT2D eigenvalue weighted by molar-refractivity contribution is -0.137. The normalized spacial score (nSPS) is 20.4. The number of benzene rings is 2. The third-order valence-electron chi connectivity index (χ3n) is 7.74. The number of methoxy groups -OCH3 is 1. The molecule has 1 saturated heterocycles. The molecule has 0 unspecified atom stereocenters. The van der Waals surface area contributed by atoms with E-state index in [-0.39, 0.29) is 48.8 Å². The first-order chi connectivity index (χ1) is 22.0. The Morgan fingerprint density at radius 1 is 1.20 bits per heavy atom. The minimum atomic E-state index is -4.59. The number of nitrogens with zero attached hydrogens (tertiary/aromatic N) is 2. The van der Waals surface area contributed by atoms with Crippen LogP contribution in [0.1, 0.15) is 32.7 Å². The Morgan fingerprint density at radius 2 is 1.89 bits per heavy atom. The lowest BCUT2D eigenvalue weighted by Crippen LogP contribution is -2.56. The summed E-state index contributed by atoms with van der Waals surface area (Å²) in [5.41, 5.74) is -0.443. The van der Waals surface area contributed by atoms with Crippen LogP contribution in [0.15, 0.2) is 48.0 Å². The molecule has 0 radical (unpaired) electrons. The molecule has 3 atom stereocenters. The zero-order valence-corrected chi connectivity index (χ0v) is 27.1. The number of morpholine rings is 1. The molecule has 1 fully saturated rings. The minimum Gasteiger partial charge on any atom is -0.493 e. The van der Waals surface area contributed by atoms with Crippen LogP contribution in [-0.4, -0.2) is 116 Å². The smallest absolute Gasteiger partial charge is 0.416 e. The quantitative estimate of drug-likeness (QED) is 0.220. The molecule has 0 aromatic heterocycles. The summed E-state index contributed by atoms with van der Waals surface area (Å²) < 4.78 is 57.3. The van der Waals surface area contributed by atoms with Crippen LogP contribution in [0.3, 0.4) is 0 Å². The van der Waals surface area contributed by atoms with Gasteiger partial charge in [-0.2, -0.15) is 13.2 Å². The fourth-order valence-electron chi connectivity index (χ4n) is 5.30. The maximum Gasteiger partial charge on any atom is 0.416 e. The Morgan fingerprint density at radius 3 is 2.50 bits per heavy atom. The number of aldehydes is 1. The van der Waals surface area contributed by atoms with Crippen molar-refractivity contribution in [3.63, 3.8) is 0 Å². The molecule has 1 aliphatic carbocycles. The molecule has 2 aromatic rings. The van der Waals surface area contributed by atoms with Crippen molar-refractivity contribution in [2.45, 2.75) is 30.8 Å². The van der Waals surface area contributed by atoms with Crippen molar-refractivity contribution in [2.75, 3.05) is 59.7 Å². The van der Waals surface area contributed by atoms with Crippen molar-refractivity contribution >= 4 is 40.7 Å². The van der Waals surface area contributed by atoms with Crippen molar-refractivity contribution in [1.82, 2.24) is 15.1 Å². The van der Waals surface area contributed by atoms with Crippen LogP contribution in [0.4, 0.5) is 13.2 Å². The Balaban J connectivity index is 1.72. The minimum absolute atomic E-state index is 0.0267. The van der Waals surface area contributed by atoms with Crippen LogP contribution >= 0.6 is 22.6 Å². The number of amides is 2. The fraction of sp³-hybridized carbons (Fsp3) is 0.452. The van der Waals surface area contributed by atoms with Crippen LogP contribution in [-0.2, 0) is 15.7 Å². The zero-order chi connectivity index (χ0) is 33.4. The SMILES string of the molecule is COc1cc(C=O)cc(I)c1O[C@H]1C=C(C(=O)NCCO)C[C@@H](N(CCN2CCOCC2)C(=O)c2ccc(C(F)(F)F)cc2)[C@@H]1O. The highest BCUT2D eigenvalue weighted by Crippen LogP contribution is 2.37. The van der Waals surface area contributed by atoms with Crippen molar-refractivity contribution in [1.29, 1.82) is 0 Å². The third-order valence-corrected chi connectivity index (χ3v) is 8.54. The molecule has 0 saturated carbocycles. The van der Waals surface area contributed by atoms with Crippen LogP contribution in [0.25, 0.3) is 0 Å². The highest BCUT2D eigenvalue weighted by Gasteiger charge is 2.41. The van der Waals surface area contributed by atoms with Gasteiger partial charge in [-0.25, -0.2) is 0 Å². The first-order valence-electron chi connectivity index (χ1n) is 14.5. The van der Waals surface area contributed by atoms with E-state index in [1.165, 1.54) is 24.2 Å². The third kappa shape index (κ3) is 8.76. The molecular weight excluding hydrogens is 726 g/mol. The average Bonchev–Trinajstić information content (AvgIpc) is 3.05. The number of alkyl halides is 3. The summed E-state index contributed by atoms with van der Waals surface area (Å²) in [4.78, 5) is 42.0. The molecule has 3 N–H and O–H groups in total. The van der Waals surface area contributed by atoms with Gasteiger partial charge in [-0.15, -0.1) is 0 Å². The van der Waals surface area contributed by atoms with Crippen molar-refractivity contribution < 1.29 is 52.0 Å². The first-order valence-corrected chi connectivity index (χ1v) is 15.6. The van der Waals surface area contributed by atoms with Gasteiger partial charge in [0.05, 0.1) is 42.1 Å². The van der Waals surface area contributed by atoms with E-state index in [4.69, 9.17) is 14.2 Å². The molecule has 2 amide bonds. The van der Waals surface area contributed by atoms with Gasteiger partial charge in [0.25, 0.3) is 5.91 Å². The van der Waals surface area contributed by atoms with Crippen molar-refractivity contribution in [2.24, 2.45) is 0 Å². The molecule has 15 heteroatoms. The molecule has 46 heavy (non-hydrogen) atoms. The van der Waals surface area contributed by atoms with Gasteiger partial charge in [0.15, 0.2) is 11.5 Å². The molecule has 11 nitrogen and oxygen atoms in total. The summed E-state index contributed by atoms with van der Waals surface area (Å²) in [7, 11) is 1.38. The molecule has 250 valence electrons. The summed E-state index contributed by atoms with van der Waals surface area (Å²) in [5, 5.41) is 23.6. The maximum absolute atomic E-state index is 14.0. The number of hydrogen-bond acceptors (Lipinski definition) is 9. The Bertz CT molecular complexity index is 1420. The monoisotopic (exact) mass is 761 g/mol. The van der Waals surface area contributed by atoms with Crippen molar-refractivity contribution in [3.8, 4) is 11.5 Å². The standard InChI is InChI=1S/C31H35F3IN3O8/c1-44-26-15-19(18-40)14-23(35)28(26)46-25-17-21(29(42)36-6-11-39)16-24(27(25)41)38(8-7-37-9-12-45-13-10-37)30(43)20-2-4-22(5-3-20)31(32,33)34/h2-5,14-15,17-18,24-25,27,39,41H,6-13,16H2,1H3,(H,36,42)/t24-,25+,27+/m1/s1. The molecule has 0 bridgehead atoms. The van der Waals surface area contributed by atoms with E-state index in [0.717, 1.165) is 24.3 Å². The molecule has 4 rings (SSSR count). The van der Waals surface area contributed by atoms with Gasteiger partial charge in [0.2, 0.25) is 5.91 Å². The van der Waals surface area contributed by atoms with Gasteiger partial charge in [-0.1, -0.05) is 0 Å². The lowest BCUT2D eigenvalue weighted by Gasteiger charge is -2.41. The van der Waals surface area contributed by atoms with E-state index in [2.05, 4.69) is 10.2 Å². The second-order valence-corrected chi connectivity index (χ2v) is 11.9. The number of ether oxygens (including phenoxy) is 3. The molecule has 1 heterocycles. The summed E-state index contributed by atoms with van der Waals surface area (Å²) >= 11 is 1.95. The van der Waals surface area contributed by atoms with Gasteiger partial charge >= 0.3 is 6.18 Å². The van der Waals surface area contributed by atoms with Gasteiger partial charge in [0, 0.05) is 55.8 Å². The number of hydrogen-bond donors (Lipinski definition) is 3. The Kier molecular flexibility index (Phi) is 12.4. The molecule has 2 aliphatic rings. The highest BCUT2D eigenvalue weighted by atomic mass is 127. The topological polar surface area (TPSA) is 138 Å². The largest absolute Gasteiger partial charge is 0.493 e. The van der Waals surface area contributed by atoms with Gasteiger partial charge < -0.3 is 34.6 Å². The van der Waals surface area contributed by atoms with E-state index >= 15 is 0 Å². The van der Waals surface area contributed by atoms with Crippen LogP contribution in [0.2, 0.25) is 0 Å². The lowest BCUT2D eigenvalue weighted by atomic mass is 9.87. The molecule has 2 aromatic carbocycles. The maximum atomic E-state index is 14.0. The second-order valence-electron chi connectivity index (χ2n) is 10.7. The predicted molar refractivity (Wildman–Crippen MR) is 168 cm³/mol. The van der Waals surface area contributed by atoms with E-state index in [1.54, 1.807) is 6.07 Å². The predicted octanol–water partition coefficient (Wildman–Crippen LogP) is 2.52. The van der Waals surface area contributed by atoms with E-state index < -0.39 is 41.8 Å². The van der Waals surface area contributed by atoms with E-state index in [1.807, 2.05) is 22.6 Å². The molecule has 0 spiro atoms. The number of aliphatic hydroxyl groups is 2. The molecule has 1 aliphatic heterocycles. The number of carbonyl (C=O) groups is 3. The number of aliphatic hydroxyl groups excluding tert-OH is 2. The summed E-state index contributed by atoms with van der Waals surface area (Å²) in [6.45, 7) is 2.29. The second kappa shape index (κ2) is 16.0. The van der Waals surface area contributed by atoms with E-state index in [9.17, 15) is 37.8 Å². The fourth-order valence-corrected chi connectivity index (χ4v) is 6.05.